The van der Waals surface area contributed by atoms with Gasteiger partial charge in [0.1, 0.15) is 0 Å². The molecule has 1 saturated heterocycles. The molecule has 1 heterocycles. The van der Waals surface area contributed by atoms with Gasteiger partial charge in [-0.25, -0.2) is 0 Å². The highest BCUT2D eigenvalue weighted by atomic mass is 15.2. The summed E-state index contributed by atoms with van der Waals surface area (Å²) in [7, 11) is 0. The fourth-order valence-corrected chi connectivity index (χ4v) is 4.09. The van der Waals surface area contributed by atoms with Crippen molar-refractivity contribution in [2.45, 2.75) is 70.9 Å². The Morgan fingerprint density at radius 1 is 1.12 bits per heavy atom. The van der Waals surface area contributed by atoms with E-state index in [-0.39, 0.29) is 0 Å². The first kappa shape index (κ1) is 13.4. The molecule has 0 aromatic rings. The van der Waals surface area contributed by atoms with E-state index in [2.05, 4.69) is 18.7 Å². The van der Waals surface area contributed by atoms with Crippen LogP contribution < -0.4 is 5.73 Å². The van der Waals surface area contributed by atoms with Gasteiger partial charge >= 0.3 is 0 Å². The zero-order valence-corrected chi connectivity index (χ0v) is 11.7. The van der Waals surface area contributed by atoms with Crippen molar-refractivity contribution in [3.63, 3.8) is 0 Å². The second-order valence-electron chi connectivity index (χ2n) is 6.44. The molecular formula is C15H30N2. The van der Waals surface area contributed by atoms with E-state index < -0.39 is 0 Å². The van der Waals surface area contributed by atoms with E-state index in [0.29, 0.717) is 6.04 Å². The Morgan fingerprint density at radius 3 is 2.24 bits per heavy atom. The smallest absolute Gasteiger partial charge is 0.0249 e. The topological polar surface area (TPSA) is 29.3 Å². The molecule has 1 aliphatic carbocycles. The second-order valence-corrected chi connectivity index (χ2v) is 6.44. The Balaban J connectivity index is 1.99. The Morgan fingerprint density at radius 2 is 1.76 bits per heavy atom. The summed E-state index contributed by atoms with van der Waals surface area (Å²) >= 11 is 0. The van der Waals surface area contributed by atoms with Crippen LogP contribution in [0.1, 0.15) is 58.8 Å². The molecule has 0 aromatic carbocycles. The Bertz CT molecular complexity index is 221. The van der Waals surface area contributed by atoms with Crippen LogP contribution in [0.3, 0.4) is 0 Å². The normalized spacial score (nSPS) is 34.8. The average Bonchev–Trinajstić information content (AvgIpc) is 2.55. The highest BCUT2D eigenvalue weighted by Gasteiger charge is 2.35. The summed E-state index contributed by atoms with van der Waals surface area (Å²) in [6.45, 7) is 6.92. The lowest BCUT2D eigenvalue weighted by Gasteiger charge is -2.36. The first-order valence-electron chi connectivity index (χ1n) is 7.68. The molecule has 1 aliphatic heterocycles. The molecule has 0 amide bonds. The molecule has 100 valence electrons. The van der Waals surface area contributed by atoms with Gasteiger partial charge in [-0.15, -0.1) is 0 Å². The minimum Gasteiger partial charge on any atom is -0.329 e. The zero-order chi connectivity index (χ0) is 12.3. The van der Waals surface area contributed by atoms with Gasteiger partial charge in [0, 0.05) is 25.2 Å². The van der Waals surface area contributed by atoms with Gasteiger partial charge in [0.2, 0.25) is 0 Å². The molecule has 2 rings (SSSR count). The van der Waals surface area contributed by atoms with Gasteiger partial charge in [-0.2, -0.15) is 0 Å². The van der Waals surface area contributed by atoms with Crippen molar-refractivity contribution in [1.29, 1.82) is 0 Å². The van der Waals surface area contributed by atoms with Crippen molar-refractivity contribution in [3.05, 3.63) is 0 Å². The van der Waals surface area contributed by atoms with Crippen molar-refractivity contribution < 1.29 is 0 Å². The SMILES string of the molecule is CC1CC(C)N(C(CN)C2CCCCCC2)C1. The van der Waals surface area contributed by atoms with Gasteiger partial charge < -0.3 is 5.73 Å². The summed E-state index contributed by atoms with van der Waals surface area (Å²) in [5, 5.41) is 0. The van der Waals surface area contributed by atoms with E-state index in [1.54, 1.807) is 0 Å². The minimum absolute atomic E-state index is 0.660. The van der Waals surface area contributed by atoms with E-state index in [1.165, 1.54) is 51.5 Å². The fourth-order valence-electron chi connectivity index (χ4n) is 4.09. The largest absolute Gasteiger partial charge is 0.329 e. The van der Waals surface area contributed by atoms with E-state index in [4.69, 9.17) is 5.73 Å². The molecule has 2 N–H and O–H groups in total. The molecule has 2 nitrogen and oxygen atoms in total. The van der Waals surface area contributed by atoms with Crippen LogP contribution in [0.4, 0.5) is 0 Å². The van der Waals surface area contributed by atoms with Gasteiger partial charge in [0.05, 0.1) is 0 Å². The van der Waals surface area contributed by atoms with Crippen LogP contribution in [0.15, 0.2) is 0 Å². The van der Waals surface area contributed by atoms with Crippen LogP contribution in [-0.2, 0) is 0 Å². The summed E-state index contributed by atoms with van der Waals surface area (Å²) in [6.07, 6.45) is 9.94. The van der Waals surface area contributed by atoms with E-state index in [9.17, 15) is 0 Å². The van der Waals surface area contributed by atoms with Crippen molar-refractivity contribution in [1.82, 2.24) is 4.90 Å². The molecule has 0 bridgehead atoms. The summed E-state index contributed by atoms with van der Waals surface area (Å²) < 4.78 is 0. The fraction of sp³-hybridized carbons (Fsp3) is 1.00. The molecule has 0 spiro atoms. The highest BCUT2D eigenvalue weighted by Crippen LogP contribution is 2.32. The van der Waals surface area contributed by atoms with Gasteiger partial charge in [-0.05, 0) is 38.0 Å². The number of rotatable bonds is 3. The van der Waals surface area contributed by atoms with Gasteiger partial charge in [0.15, 0.2) is 0 Å². The second kappa shape index (κ2) is 6.19. The van der Waals surface area contributed by atoms with Crippen LogP contribution in [0.2, 0.25) is 0 Å². The van der Waals surface area contributed by atoms with Crippen molar-refractivity contribution in [2.24, 2.45) is 17.6 Å². The predicted octanol–water partition coefficient (Wildman–Crippen LogP) is 3.01. The van der Waals surface area contributed by atoms with Gasteiger partial charge in [0.25, 0.3) is 0 Å². The van der Waals surface area contributed by atoms with E-state index in [0.717, 1.165) is 24.4 Å². The quantitative estimate of drug-likeness (QED) is 0.766. The third-order valence-electron chi connectivity index (χ3n) is 4.94. The number of nitrogens with zero attached hydrogens (tertiary/aromatic N) is 1. The molecular weight excluding hydrogens is 208 g/mol. The van der Waals surface area contributed by atoms with Crippen molar-refractivity contribution in [3.8, 4) is 0 Å². The molecule has 3 unspecified atom stereocenters. The Kier molecular flexibility index (Phi) is 4.87. The summed E-state index contributed by atoms with van der Waals surface area (Å²) in [6, 6.07) is 1.41. The standard InChI is InChI=1S/C15H30N2/c1-12-9-13(2)17(11-12)15(10-16)14-7-5-3-4-6-8-14/h12-15H,3-11,16H2,1-2H3. The van der Waals surface area contributed by atoms with Crippen molar-refractivity contribution in [2.75, 3.05) is 13.1 Å². The third kappa shape index (κ3) is 3.23. The van der Waals surface area contributed by atoms with Gasteiger partial charge in [-0.1, -0.05) is 32.6 Å². The summed E-state index contributed by atoms with van der Waals surface area (Å²) in [5.74, 6) is 1.74. The molecule has 2 fully saturated rings. The van der Waals surface area contributed by atoms with Crippen molar-refractivity contribution >= 4 is 0 Å². The summed E-state index contributed by atoms with van der Waals surface area (Å²) in [5.41, 5.74) is 6.10. The Hall–Kier alpha value is -0.0800. The lowest BCUT2D eigenvalue weighted by Crippen LogP contribution is -2.47. The molecule has 3 atom stereocenters. The number of hydrogen-bond acceptors (Lipinski definition) is 2. The molecule has 1 saturated carbocycles. The van der Waals surface area contributed by atoms with E-state index in [1.807, 2.05) is 0 Å². The predicted molar refractivity (Wildman–Crippen MR) is 74.0 cm³/mol. The number of hydrogen-bond donors (Lipinski definition) is 1. The lowest BCUT2D eigenvalue weighted by molar-refractivity contribution is 0.127. The third-order valence-corrected chi connectivity index (χ3v) is 4.94. The molecule has 0 radical (unpaired) electrons. The molecule has 0 aromatic heterocycles. The van der Waals surface area contributed by atoms with Gasteiger partial charge in [-0.3, -0.25) is 4.90 Å². The number of nitrogens with two attached hydrogens (primary N) is 1. The highest BCUT2D eigenvalue weighted by molar-refractivity contribution is 4.90. The molecule has 2 heteroatoms. The monoisotopic (exact) mass is 238 g/mol. The van der Waals surface area contributed by atoms with Crippen LogP contribution in [0.25, 0.3) is 0 Å². The Labute approximate surface area is 107 Å². The number of likely N-dealkylation sites (tertiary alicyclic amines) is 1. The van der Waals surface area contributed by atoms with Crippen LogP contribution in [-0.4, -0.2) is 30.1 Å². The summed E-state index contributed by atoms with van der Waals surface area (Å²) in [4.78, 5) is 2.72. The zero-order valence-electron chi connectivity index (χ0n) is 11.7. The maximum absolute atomic E-state index is 6.10. The van der Waals surface area contributed by atoms with Crippen LogP contribution >= 0.6 is 0 Å². The van der Waals surface area contributed by atoms with Crippen LogP contribution in [0.5, 0.6) is 0 Å². The van der Waals surface area contributed by atoms with Crippen LogP contribution in [0, 0.1) is 11.8 Å². The maximum atomic E-state index is 6.10. The molecule has 2 aliphatic rings. The lowest BCUT2D eigenvalue weighted by atomic mass is 9.90. The minimum atomic E-state index is 0.660. The average molecular weight is 238 g/mol. The first-order chi connectivity index (χ1) is 8.22. The van der Waals surface area contributed by atoms with E-state index >= 15 is 0 Å². The molecule has 17 heavy (non-hydrogen) atoms. The maximum Gasteiger partial charge on any atom is 0.0249 e. The first-order valence-corrected chi connectivity index (χ1v) is 7.68.